The number of carbonyl (C=O) groups excluding carboxylic acids is 6. The lowest BCUT2D eigenvalue weighted by molar-refractivity contribution is -0.149. The lowest BCUT2D eigenvalue weighted by Crippen LogP contribution is -2.63. The van der Waals surface area contributed by atoms with E-state index in [9.17, 15) is 28.8 Å². The fourth-order valence-corrected chi connectivity index (χ4v) is 8.66. The van der Waals surface area contributed by atoms with Gasteiger partial charge in [0.1, 0.15) is 23.9 Å². The molecule has 1 unspecified atom stereocenters. The Bertz CT molecular complexity index is 2030. The van der Waals surface area contributed by atoms with E-state index < -0.39 is 41.7 Å². The number of methoxy groups -OCH3 is 1. The van der Waals surface area contributed by atoms with E-state index in [0.29, 0.717) is 56.8 Å². The number of urea groups is 1. The number of ketones is 1. The molecule has 6 amide bonds. The standard InChI is InChI=1S/C44H58N8O8/c1-26(2)36(50-43(58)59-6)40(55)51-21-7-8-33(51)38-46-24-32(48-38)30-13-9-28(10-14-30)29-11-15-31(16-12-29)35(53)25-47-39(54)34-17-18-44(19-22-60-23-20-44)52(34)41(56)37(27(3)4)49-42(57)45-5/h9-16,24,26-27,33-34,36-37H,7-8,17-23,25H2,1-6H3,(H,46,48)(H,47,54)(H,50,58)(H2,45,49,57)/t33-,34?,36-,37-/m0/s1. The minimum absolute atomic E-state index is 0.128. The van der Waals surface area contributed by atoms with Gasteiger partial charge in [-0.05, 0) is 67.1 Å². The molecule has 4 atom stereocenters. The van der Waals surface area contributed by atoms with Gasteiger partial charge in [-0.1, -0.05) is 76.2 Å². The van der Waals surface area contributed by atoms with E-state index >= 15 is 0 Å². The molecule has 2 aromatic carbocycles. The summed E-state index contributed by atoms with van der Waals surface area (Å²) in [7, 11) is 2.76. The average molecular weight is 827 g/mol. The first kappa shape index (κ1) is 43.8. The number of benzene rings is 2. The van der Waals surface area contributed by atoms with Crippen LogP contribution in [0.4, 0.5) is 9.59 Å². The molecular formula is C44H58N8O8. The number of carbonyl (C=O) groups is 6. The Morgan fingerprint density at radius 1 is 0.850 bits per heavy atom. The third-order valence-corrected chi connectivity index (χ3v) is 12.1. The van der Waals surface area contributed by atoms with Crippen molar-refractivity contribution in [3.63, 3.8) is 0 Å². The van der Waals surface area contributed by atoms with E-state index in [1.807, 2.05) is 64.1 Å². The zero-order valence-electron chi connectivity index (χ0n) is 35.3. The van der Waals surface area contributed by atoms with Crippen LogP contribution in [-0.4, -0.2) is 120 Å². The van der Waals surface area contributed by atoms with Gasteiger partial charge in [-0.25, -0.2) is 14.6 Å². The molecule has 6 rings (SSSR count). The maximum Gasteiger partial charge on any atom is 0.407 e. The number of aromatic amines is 1. The van der Waals surface area contributed by atoms with Crippen LogP contribution in [0.1, 0.15) is 88.4 Å². The maximum absolute atomic E-state index is 14.1. The van der Waals surface area contributed by atoms with E-state index in [1.54, 1.807) is 28.1 Å². The van der Waals surface area contributed by atoms with Gasteiger partial charge in [0.25, 0.3) is 0 Å². The highest BCUT2D eigenvalue weighted by Crippen LogP contribution is 2.42. The average Bonchev–Trinajstić information content (AvgIpc) is 4.03. The zero-order valence-corrected chi connectivity index (χ0v) is 35.3. The van der Waals surface area contributed by atoms with Gasteiger partial charge < -0.3 is 45.5 Å². The van der Waals surface area contributed by atoms with Crippen LogP contribution in [0.2, 0.25) is 0 Å². The number of Topliss-reactive ketones (excluding diaryl/α,β-unsaturated/α-hetero) is 1. The number of amides is 6. The van der Waals surface area contributed by atoms with E-state index in [1.165, 1.54) is 14.2 Å². The molecule has 3 aliphatic heterocycles. The topological polar surface area (TPSA) is 204 Å². The highest BCUT2D eigenvalue weighted by molar-refractivity contribution is 6.01. The number of rotatable bonds is 13. The van der Waals surface area contributed by atoms with Crippen LogP contribution in [0, 0.1) is 11.8 Å². The van der Waals surface area contributed by atoms with Crippen molar-refractivity contribution in [2.45, 2.75) is 95.9 Å². The van der Waals surface area contributed by atoms with Gasteiger partial charge in [-0.2, -0.15) is 0 Å². The molecule has 0 bridgehead atoms. The van der Waals surface area contributed by atoms with Crippen molar-refractivity contribution < 1.29 is 38.2 Å². The summed E-state index contributed by atoms with van der Waals surface area (Å²) in [6.45, 7) is 8.75. The highest BCUT2D eigenvalue weighted by atomic mass is 16.5. The molecule has 0 radical (unpaired) electrons. The molecule has 16 heteroatoms. The Morgan fingerprint density at radius 3 is 2.08 bits per heavy atom. The molecule has 3 fully saturated rings. The molecule has 16 nitrogen and oxygen atoms in total. The van der Waals surface area contributed by atoms with Crippen molar-refractivity contribution in [3.05, 3.63) is 66.1 Å². The first-order valence-electron chi connectivity index (χ1n) is 20.9. The summed E-state index contributed by atoms with van der Waals surface area (Å²) in [5.74, 6) is -0.806. The Morgan fingerprint density at radius 2 is 1.47 bits per heavy atom. The number of aromatic nitrogens is 2. The molecule has 322 valence electrons. The van der Waals surface area contributed by atoms with Crippen LogP contribution >= 0.6 is 0 Å². The van der Waals surface area contributed by atoms with Gasteiger partial charge in [0, 0.05) is 37.9 Å². The first-order chi connectivity index (χ1) is 28.8. The third kappa shape index (κ3) is 9.48. The minimum atomic E-state index is -0.831. The summed E-state index contributed by atoms with van der Waals surface area (Å²) in [6, 6.07) is 12.1. The zero-order chi connectivity index (χ0) is 43.1. The SMILES string of the molecule is CNC(=O)N[C@H](C(=O)N1C(C(=O)NCC(=O)c2ccc(-c3ccc(-c4cnc([C@@H]5CCCN5C(=O)[C@@H](NC(=O)OC)C(C)C)[nH]4)cc3)cc2)CCC12CCOCC2)C(C)C. The number of ether oxygens (including phenoxy) is 2. The van der Waals surface area contributed by atoms with Crippen LogP contribution in [0.3, 0.4) is 0 Å². The van der Waals surface area contributed by atoms with Gasteiger partial charge in [0.2, 0.25) is 17.7 Å². The second-order valence-corrected chi connectivity index (χ2v) is 16.6. The normalized spacial score (nSPS) is 19.5. The van der Waals surface area contributed by atoms with Gasteiger partial charge >= 0.3 is 12.1 Å². The van der Waals surface area contributed by atoms with Crippen LogP contribution in [-0.2, 0) is 23.9 Å². The van der Waals surface area contributed by atoms with Crippen molar-refractivity contribution in [2.24, 2.45) is 11.8 Å². The number of nitrogens with zero attached hydrogens (tertiary/aromatic N) is 3. The third-order valence-electron chi connectivity index (χ3n) is 12.1. The van der Waals surface area contributed by atoms with E-state index in [2.05, 4.69) is 31.2 Å². The lowest BCUT2D eigenvalue weighted by atomic mass is 9.86. The number of nitrogens with one attached hydrogen (secondary N) is 5. The van der Waals surface area contributed by atoms with Gasteiger partial charge in [0.05, 0.1) is 31.6 Å². The van der Waals surface area contributed by atoms with Crippen molar-refractivity contribution >= 4 is 35.6 Å². The molecule has 1 aromatic heterocycles. The van der Waals surface area contributed by atoms with Gasteiger partial charge in [-0.15, -0.1) is 0 Å². The number of hydrogen-bond acceptors (Lipinski definition) is 9. The highest BCUT2D eigenvalue weighted by Gasteiger charge is 2.53. The van der Waals surface area contributed by atoms with Crippen LogP contribution < -0.4 is 21.3 Å². The quantitative estimate of drug-likeness (QED) is 0.153. The molecule has 3 aromatic rings. The Hall–Kier alpha value is -5.77. The lowest BCUT2D eigenvalue weighted by Gasteiger charge is -2.45. The number of imidazole rings is 1. The fourth-order valence-electron chi connectivity index (χ4n) is 8.66. The summed E-state index contributed by atoms with van der Waals surface area (Å²) in [6.07, 6.45) is 4.94. The molecule has 0 aliphatic carbocycles. The summed E-state index contributed by atoms with van der Waals surface area (Å²) >= 11 is 0. The number of hydrogen-bond donors (Lipinski definition) is 5. The molecule has 1 spiro atoms. The van der Waals surface area contributed by atoms with E-state index in [-0.39, 0.29) is 42.0 Å². The van der Waals surface area contributed by atoms with Crippen LogP contribution in [0.15, 0.2) is 54.7 Å². The summed E-state index contributed by atoms with van der Waals surface area (Å²) in [5.41, 5.74) is 3.44. The first-order valence-corrected chi connectivity index (χ1v) is 20.9. The molecule has 0 saturated carbocycles. The molecule has 4 heterocycles. The summed E-state index contributed by atoms with van der Waals surface area (Å²) < 4.78 is 10.4. The van der Waals surface area contributed by atoms with Crippen LogP contribution in [0.25, 0.3) is 22.4 Å². The smallest absolute Gasteiger partial charge is 0.407 e. The molecule has 3 saturated heterocycles. The summed E-state index contributed by atoms with van der Waals surface area (Å²) in [4.78, 5) is 90.5. The Balaban J connectivity index is 1.07. The monoisotopic (exact) mass is 826 g/mol. The number of H-pyrrole nitrogens is 1. The molecule has 5 N–H and O–H groups in total. The van der Waals surface area contributed by atoms with Crippen LogP contribution in [0.5, 0.6) is 0 Å². The van der Waals surface area contributed by atoms with Gasteiger partial charge in [0.15, 0.2) is 5.78 Å². The molecular weight excluding hydrogens is 769 g/mol. The predicted molar refractivity (Wildman–Crippen MR) is 224 cm³/mol. The fraction of sp³-hybridized carbons (Fsp3) is 0.523. The summed E-state index contributed by atoms with van der Waals surface area (Å²) in [5, 5.41) is 10.8. The second-order valence-electron chi connectivity index (χ2n) is 16.6. The molecule has 60 heavy (non-hydrogen) atoms. The second kappa shape index (κ2) is 19.1. The minimum Gasteiger partial charge on any atom is -0.453 e. The van der Waals surface area contributed by atoms with Gasteiger partial charge in [-0.3, -0.25) is 19.2 Å². The van der Waals surface area contributed by atoms with Crippen molar-refractivity contribution in [3.8, 4) is 22.4 Å². The van der Waals surface area contributed by atoms with E-state index in [0.717, 1.165) is 35.2 Å². The van der Waals surface area contributed by atoms with Crippen molar-refractivity contribution in [2.75, 3.05) is 40.5 Å². The maximum atomic E-state index is 14.1. The van der Waals surface area contributed by atoms with Crippen molar-refractivity contribution in [1.82, 2.24) is 41.0 Å². The predicted octanol–water partition coefficient (Wildman–Crippen LogP) is 4.58. The van der Waals surface area contributed by atoms with E-state index in [4.69, 9.17) is 9.47 Å². The Labute approximate surface area is 350 Å². The number of likely N-dealkylation sites (tertiary alicyclic amines) is 2. The van der Waals surface area contributed by atoms with Crippen molar-refractivity contribution in [1.29, 1.82) is 0 Å². The number of alkyl carbamates (subject to hydrolysis) is 1. The largest absolute Gasteiger partial charge is 0.453 e. The Kier molecular flexibility index (Phi) is 13.9. The molecule has 3 aliphatic rings.